The van der Waals surface area contributed by atoms with Crippen LogP contribution in [0.3, 0.4) is 0 Å². The van der Waals surface area contributed by atoms with Gasteiger partial charge in [0.05, 0.1) is 13.1 Å². The van der Waals surface area contributed by atoms with Gasteiger partial charge in [-0.25, -0.2) is 9.97 Å². The summed E-state index contributed by atoms with van der Waals surface area (Å²) in [4.78, 5) is 27.7. The van der Waals surface area contributed by atoms with Crippen molar-refractivity contribution in [2.75, 3.05) is 44.2 Å². The highest BCUT2D eigenvalue weighted by molar-refractivity contribution is 5.78. The zero-order valence-electron chi connectivity index (χ0n) is 13.7. The third kappa shape index (κ3) is 3.12. The molecule has 1 amide bonds. The van der Waals surface area contributed by atoms with Crippen LogP contribution in [0.1, 0.15) is 5.82 Å². The van der Waals surface area contributed by atoms with E-state index < -0.39 is 0 Å². The Balaban J connectivity index is 1.29. The van der Waals surface area contributed by atoms with Crippen LogP contribution in [0.2, 0.25) is 0 Å². The fourth-order valence-corrected chi connectivity index (χ4v) is 3.38. The Kier molecular flexibility index (Phi) is 4.17. The number of aromatic nitrogens is 3. The number of rotatable bonds is 3. The molecular formula is C17H22N6O. The van der Waals surface area contributed by atoms with E-state index in [0.29, 0.717) is 6.54 Å². The van der Waals surface area contributed by atoms with E-state index in [0.717, 1.165) is 57.5 Å². The summed E-state index contributed by atoms with van der Waals surface area (Å²) in [5.74, 6) is 2.26. The van der Waals surface area contributed by atoms with Crippen molar-refractivity contribution >= 4 is 11.7 Å². The predicted octanol–water partition coefficient (Wildman–Crippen LogP) is 0.442. The summed E-state index contributed by atoms with van der Waals surface area (Å²) in [5, 5.41) is 0. The Bertz CT molecular complexity index is 692. The van der Waals surface area contributed by atoms with Crippen molar-refractivity contribution in [3.05, 3.63) is 42.6 Å². The highest BCUT2D eigenvalue weighted by atomic mass is 16.2. The molecule has 0 aromatic carbocycles. The molecular weight excluding hydrogens is 304 g/mol. The molecule has 2 aromatic rings. The van der Waals surface area contributed by atoms with Crippen LogP contribution in [0.15, 0.2) is 36.8 Å². The minimum Gasteiger partial charge on any atom is -0.353 e. The number of carbonyl (C=O) groups is 1. The molecule has 2 aliphatic heterocycles. The Labute approximate surface area is 141 Å². The van der Waals surface area contributed by atoms with Crippen molar-refractivity contribution in [1.29, 1.82) is 0 Å². The number of piperazine rings is 1. The van der Waals surface area contributed by atoms with Crippen LogP contribution in [-0.4, -0.2) is 69.5 Å². The van der Waals surface area contributed by atoms with Crippen molar-refractivity contribution in [1.82, 2.24) is 24.3 Å². The number of imidazole rings is 1. The van der Waals surface area contributed by atoms with Crippen molar-refractivity contribution in [3.63, 3.8) is 0 Å². The van der Waals surface area contributed by atoms with Gasteiger partial charge in [0.25, 0.3) is 0 Å². The van der Waals surface area contributed by atoms with E-state index in [1.165, 1.54) is 0 Å². The monoisotopic (exact) mass is 326 g/mol. The van der Waals surface area contributed by atoms with Crippen LogP contribution in [-0.2, 0) is 17.9 Å². The summed E-state index contributed by atoms with van der Waals surface area (Å²) in [6, 6.07) is 5.95. The van der Waals surface area contributed by atoms with Gasteiger partial charge in [0.1, 0.15) is 11.6 Å². The molecule has 1 fully saturated rings. The first-order valence-electron chi connectivity index (χ1n) is 8.46. The average molecular weight is 326 g/mol. The lowest BCUT2D eigenvalue weighted by Gasteiger charge is -2.36. The number of fused-ring (bicyclic) bond motifs is 1. The first kappa shape index (κ1) is 15.1. The van der Waals surface area contributed by atoms with Crippen LogP contribution in [0.5, 0.6) is 0 Å². The van der Waals surface area contributed by atoms with Gasteiger partial charge in [0, 0.05) is 57.9 Å². The number of hydrogen-bond donors (Lipinski definition) is 0. The van der Waals surface area contributed by atoms with Crippen molar-refractivity contribution in [2.24, 2.45) is 0 Å². The third-order valence-corrected chi connectivity index (χ3v) is 4.79. The van der Waals surface area contributed by atoms with Crippen LogP contribution < -0.4 is 4.90 Å². The summed E-state index contributed by atoms with van der Waals surface area (Å²) in [6.07, 6.45) is 5.65. The van der Waals surface area contributed by atoms with E-state index in [2.05, 4.69) is 24.3 Å². The summed E-state index contributed by atoms with van der Waals surface area (Å²) in [7, 11) is 0. The molecule has 0 saturated carbocycles. The van der Waals surface area contributed by atoms with E-state index in [1.54, 1.807) is 0 Å². The molecule has 2 aromatic heterocycles. The molecule has 0 bridgehead atoms. The van der Waals surface area contributed by atoms with Crippen molar-refractivity contribution < 1.29 is 4.79 Å². The molecule has 7 nitrogen and oxygen atoms in total. The number of nitrogens with zero attached hydrogens (tertiary/aromatic N) is 6. The van der Waals surface area contributed by atoms with Gasteiger partial charge < -0.3 is 14.4 Å². The molecule has 1 saturated heterocycles. The number of carbonyl (C=O) groups excluding carboxylic acids is 1. The number of pyridine rings is 1. The normalized spacial score (nSPS) is 18.5. The second-order valence-corrected chi connectivity index (χ2v) is 6.30. The molecule has 0 N–H and O–H groups in total. The topological polar surface area (TPSA) is 57.5 Å². The highest BCUT2D eigenvalue weighted by Gasteiger charge is 2.25. The van der Waals surface area contributed by atoms with Gasteiger partial charge in [-0.15, -0.1) is 0 Å². The maximum Gasteiger partial charge on any atom is 0.236 e. The number of hydrogen-bond acceptors (Lipinski definition) is 5. The maximum absolute atomic E-state index is 12.6. The van der Waals surface area contributed by atoms with Gasteiger partial charge >= 0.3 is 0 Å². The molecule has 0 radical (unpaired) electrons. The second-order valence-electron chi connectivity index (χ2n) is 6.30. The first-order chi connectivity index (χ1) is 11.8. The maximum atomic E-state index is 12.6. The Morgan fingerprint density at radius 1 is 1.00 bits per heavy atom. The van der Waals surface area contributed by atoms with E-state index in [-0.39, 0.29) is 5.91 Å². The molecule has 4 heterocycles. The van der Waals surface area contributed by atoms with E-state index in [9.17, 15) is 4.79 Å². The van der Waals surface area contributed by atoms with Gasteiger partial charge in [0.15, 0.2) is 0 Å². The Morgan fingerprint density at radius 2 is 1.88 bits per heavy atom. The van der Waals surface area contributed by atoms with Gasteiger partial charge in [-0.3, -0.25) is 9.69 Å². The zero-order valence-corrected chi connectivity index (χ0v) is 13.7. The van der Waals surface area contributed by atoms with Gasteiger partial charge in [-0.05, 0) is 12.1 Å². The number of anilines is 1. The lowest BCUT2D eigenvalue weighted by atomic mass is 10.2. The summed E-state index contributed by atoms with van der Waals surface area (Å²) in [6.45, 7) is 6.26. The summed E-state index contributed by atoms with van der Waals surface area (Å²) in [5.41, 5.74) is 0. The Hall–Kier alpha value is -2.41. The molecule has 0 atom stereocenters. The fraction of sp³-hybridized carbons (Fsp3) is 0.471. The van der Waals surface area contributed by atoms with Crippen LogP contribution in [0.25, 0.3) is 0 Å². The van der Waals surface area contributed by atoms with Crippen LogP contribution >= 0.6 is 0 Å². The molecule has 0 aliphatic carbocycles. The first-order valence-corrected chi connectivity index (χ1v) is 8.46. The van der Waals surface area contributed by atoms with E-state index in [1.807, 2.05) is 41.7 Å². The molecule has 2 aliphatic rings. The SMILES string of the molecule is O=C(CN1CCn2ccnc2C1)N1CCN(c2ccccn2)CC1. The summed E-state index contributed by atoms with van der Waals surface area (Å²) < 4.78 is 2.16. The van der Waals surface area contributed by atoms with Gasteiger partial charge in [-0.2, -0.15) is 0 Å². The predicted molar refractivity (Wildman–Crippen MR) is 90.5 cm³/mol. The van der Waals surface area contributed by atoms with Gasteiger partial charge in [-0.1, -0.05) is 6.07 Å². The second kappa shape index (κ2) is 6.60. The Morgan fingerprint density at radius 3 is 2.67 bits per heavy atom. The molecule has 126 valence electrons. The van der Waals surface area contributed by atoms with Crippen molar-refractivity contribution in [3.8, 4) is 0 Å². The standard InChI is InChI=1S/C17H22N6O/c24-17(14-20-7-8-21-6-5-19-16(21)13-20)23-11-9-22(10-12-23)15-3-1-2-4-18-15/h1-6H,7-14H2. The molecule has 4 rings (SSSR count). The van der Waals surface area contributed by atoms with Gasteiger partial charge in [0.2, 0.25) is 5.91 Å². The van der Waals surface area contributed by atoms with E-state index >= 15 is 0 Å². The minimum absolute atomic E-state index is 0.218. The lowest BCUT2D eigenvalue weighted by Crippen LogP contribution is -2.52. The fourth-order valence-electron chi connectivity index (χ4n) is 3.38. The minimum atomic E-state index is 0.218. The van der Waals surface area contributed by atoms with E-state index in [4.69, 9.17) is 0 Å². The third-order valence-electron chi connectivity index (χ3n) is 4.79. The smallest absolute Gasteiger partial charge is 0.236 e. The molecule has 24 heavy (non-hydrogen) atoms. The van der Waals surface area contributed by atoms with Crippen molar-refractivity contribution in [2.45, 2.75) is 13.1 Å². The quantitative estimate of drug-likeness (QED) is 0.819. The largest absolute Gasteiger partial charge is 0.353 e. The summed E-state index contributed by atoms with van der Waals surface area (Å²) >= 11 is 0. The molecule has 0 spiro atoms. The molecule has 7 heteroatoms. The number of amides is 1. The average Bonchev–Trinajstić information content (AvgIpc) is 3.10. The molecule has 0 unspecified atom stereocenters. The zero-order chi connectivity index (χ0) is 16.4. The lowest BCUT2D eigenvalue weighted by molar-refractivity contribution is -0.133. The highest BCUT2D eigenvalue weighted by Crippen LogP contribution is 2.14. The van der Waals surface area contributed by atoms with Crippen LogP contribution in [0.4, 0.5) is 5.82 Å². The van der Waals surface area contributed by atoms with Crippen LogP contribution in [0, 0.1) is 0 Å².